The Kier molecular flexibility index (Phi) is 2.90. The summed E-state index contributed by atoms with van der Waals surface area (Å²) in [4.78, 5) is 11.8. The maximum absolute atomic E-state index is 11.8. The second-order valence-electron chi connectivity index (χ2n) is 4.16. The smallest absolute Gasteiger partial charge is 0.227 e. The van der Waals surface area contributed by atoms with Crippen LogP contribution in [0.25, 0.3) is 0 Å². The van der Waals surface area contributed by atoms with Gasteiger partial charge in [-0.25, -0.2) is 0 Å². The molecule has 4 nitrogen and oxygen atoms in total. The van der Waals surface area contributed by atoms with E-state index in [0.29, 0.717) is 6.54 Å². The fourth-order valence-corrected chi connectivity index (χ4v) is 2.54. The molecular weight excluding hydrogens is 206 g/mol. The summed E-state index contributed by atoms with van der Waals surface area (Å²) >= 11 is 0. The lowest BCUT2D eigenvalue weighted by Crippen LogP contribution is -2.43. The molecule has 0 saturated carbocycles. The average molecular weight is 223 g/mol. The van der Waals surface area contributed by atoms with Gasteiger partial charge < -0.3 is 14.8 Å². The minimum atomic E-state index is -0.0948. The van der Waals surface area contributed by atoms with Gasteiger partial charge in [-0.05, 0) is 12.5 Å². The monoisotopic (exact) mass is 223 g/mol. The molecule has 2 rings (SSSR count). The average Bonchev–Trinajstić information content (AvgIpc) is 2.28. The Labute approximate surface area is 95.3 Å². The number of hydrogen-bond donors (Lipinski definition) is 1. The van der Waals surface area contributed by atoms with Gasteiger partial charge in [0.2, 0.25) is 5.91 Å². The van der Waals surface area contributed by atoms with Crippen molar-refractivity contribution in [2.75, 3.05) is 20.8 Å². The van der Waals surface area contributed by atoms with Gasteiger partial charge in [0.15, 0.2) is 5.76 Å². The second-order valence-corrected chi connectivity index (χ2v) is 4.16. The first-order valence-electron chi connectivity index (χ1n) is 5.49. The summed E-state index contributed by atoms with van der Waals surface area (Å²) in [6.07, 6.45) is 2.84. The van der Waals surface area contributed by atoms with Crippen molar-refractivity contribution in [3.63, 3.8) is 0 Å². The van der Waals surface area contributed by atoms with Gasteiger partial charge in [0.25, 0.3) is 0 Å². The molecule has 2 unspecified atom stereocenters. The first-order chi connectivity index (χ1) is 7.69. The maximum Gasteiger partial charge on any atom is 0.227 e. The summed E-state index contributed by atoms with van der Waals surface area (Å²) in [5, 5.41) is 2.89. The third kappa shape index (κ3) is 1.58. The minimum Gasteiger partial charge on any atom is -0.497 e. The SMILES string of the molecule is COC1=C(OC)C(C)C2C(=O)NCCC2=C1. The maximum atomic E-state index is 11.8. The van der Waals surface area contributed by atoms with E-state index in [9.17, 15) is 4.79 Å². The molecule has 1 heterocycles. The van der Waals surface area contributed by atoms with E-state index in [2.05, 4.69) is 5.32 Å². The van der Waals surface area contributed by atoms with Crippen molar-refractivity contribution in [3.8, 4) is 0 Å². The molecule has 4 heteroatoms. The van der Waals surface area contributed by atoms with Gasteiger partial charge in [-0.1, -0.05) is 12.5 Å². The number of nitrogens with one attached hydrogen (secondary N) is 1. The van der Waals surface area contributed by atoms with E-state index in [1.807, 2.05) is 13.0 Å². The predicted octanol–water partition coefficient (Wildman–Crippen LogP) is 1.20. The third-order valence-corrected chi connectivity index (χ3v) is 3.31. The van der Waals surface area contributed by atoms with Crippen molar-refractivity contribution in [2.45, 2.75) is 13.3 Å². The molecule has 1 aliphatic carbocycles. The van der Waals surface area contributed by atoms with E-state index < -0.39 is 0 Å². The summed E-state index contributed by atoms with van der Waals surface area (Å²) in [6, 6.07) is 0. The van der Waals surface area contributed by atoms with Gasteiger partial charge in [0.05, 0.1) is 20.1 Å². The highest BCUT2D eigenvalue weighted by Gasteiger charge is 2.38. The van der Waals surface area contributed by atoms with E-state index in [0.717, 1.165) is 23.5 Å². The standard InChI is InChI=1S/C12H17NO3/c1-7-10-8(4-5-13-12(10)14)6-9(15-2)11(7)16-3/h6-7,10H,4-5H2,1-3H3,(H,13,14). The van der Waals surface area contributed by atoms with Crippen molar-refractivity contribution < 1.29 is 14.3 Å². The Morgan fingerprint density at radius 3 is 2.75 bits per heavy atom. The first kappa shape index (κ1) is 11.0. The number of amides is 1. The number of methoxy groups -OCH3 is 2. The number of rotatable bonds is 2. The molecule has 0 aromatic rings. The van der Waals surface area contributed by atoms with Crippen LogP contribution in [0.15, 0.2) is 23.2 Å². The molecule has 88 valence electrons. The van der Waals surface area contributed by atoms with Gasteiger partial charge in [-0.2, -0.15) is 0 Å². The molecule has 1 aliphatic heterocycles. The third-order valence-electron chi connectivity index (χ3n) is 3.31. The fourth-order valence-electron chi connectivity index (χ4n) is 2.54. The van der Waals surface area contributed by atoms with Crippen molar-refractivity contribution in [3.05, 3.63) is 23.2 Å². The van der Waals surface area contributed by atoms with Crippen molar-refractivity contribution in [1.29, 1.82) is 0 Å². The summed E-state index contributed by atoms with van der Waals surface area (Å²) in [5.41, 5.74) is 1.15. The molecule has 1 fully saturated rings. The Bertz CT molecular complexity index is 370. The topological polar surface area (TPSA) is 47.6 Å². The molecule has 1 N–H and O–H groups in total. The summed E-state index contributed by atoms with van der Waals surface area (Å²) < 4.78 is 10.6. The van der Waals surface area contributed by atoms with Crippen LogP contribution in [0.4, 0.5) is 0 Å². The number of carbonyl (C=O) groups is 1. The van der Waals surface area contributed by atoms with Crippen LogP contribution in [0, 0.1) is 11.8 Å². The number of piperidine rings is 1. The number of hydrogen-bond acceptors (Lipinski definition) is 3. The molecule has 2 atom stereocenters. The molecule has 0 radical (unpaired) electrons. The van der Waals surface area contributed by atoms with Crippen LogP contribution in [0.1, 0.15) is 13.3 Å². The van der Waals surface area contributed by atoms with Gasteiger partial charge >= 0.3 is 0 Å². The van der Waals surface area contributed by atoms with E-state index in [1.54, 1.807) is 14.2 Å². The van der Waals surface area contributed by atoms with Gasteiger partial charge in [0.1, 0.15) is 5.76 Å². The normalized spacial score (nSPS) is 29.2. The van der Waals surface area contributed by atoms with Crippen LogP contribution in [0.2, 0.25) is 0 Å². The zero-order chi connectivity index (χ0) is 11.7. The highest BCUT2D eigenvalue weighted by Crippen LogP contribution is 2.38. The van der Waals surface area contributed by atoms with Crippen LogP contribution >= 0.6 is 0 Å². The van der Waals surface area contributed by atoms with Gasteiger partial charge in [0, 0.05) is 12.5 Å². The second kappa shape index (κ2) is 4.20. The zero-order valence-electron chi connectivity index (χ0n) is 9.87. The van der Waals surface area contributed by atoms with Crippen molar-refractivity contribution in [2.24, 2.45) is 11.8 Å². The molecule has 2 aliphatic rings. The lowest BCUT2D eigenvalue weighted by Gasteiger charge is -2.34. The Morgan fingerprint density at radius 2 is 2.12 bits per heavy atom. The molecule has 0 aromatic heterocycles. The zero-order valence-corrected chi connectivity index (χ0v) is 9.87. The molecule has 0 bridgehead atoms. The van der Waals surface area contributed by atoms with Gasteiger partial charge in [-0.3, -0.25) is 4.79 Å². The predicted molar refractivity (Wildman–Crippen MR) is 59.4 cm³/mol. The minimum absolute atomic E-state index is 0.0419. The molecule has 1 amide bonds. The Hall–Kier alpha value is -1.45. The molecule has 0 aromatic carbocycles. The quantitative estimate of drug-likeness (QED) is 0.765. The summed E-state index contributed by atoms with van der Waals surface area (Å²) in [5.74, 6) is 1.54. The van der Waals surface area contributed by atoms with Crippen LogP contribution in [-0.2, 0) is 14.3 Å². The molecule has 1 saturated heterocycles. The van der Waals surface area contributed by atoms with Crippen LogP contribution in [0.5, 0.6) is 0 Å². The van der Waals surface area contributed by atoms with E-state index in [-0.39, 0.29) is 17.7 Å². The molecule has 16 heavy (non-hydrogen) atoms. The van der Waals surface area contributed by atoms with Crippen molar-refractivity contribution in [1.82, 2.24) is 5.32 Å². The Balaban J connectivity index is 2.40. The van der Waals surface area contributed by atoms with E-state index in [1.165, 1.54) is 0 Å². The highest BCUT2D eigenvalue weighted by molar-refractivity contribution is 5.84. The summed E-state index contributed by atoms with van der Waals surface area (Å²) in [6.45, 7) is 2.72. The Morgan fingerprint density at radius 1 is 1.38 bits per heavy atom. The lowest BCUT2D eigenvalue weighted by atomic mass is 9.77. The van der Waals surface area contributed by atoms with Crippen LogP contribution < -0.4 is 5.32 Å². The van der Waals surface area contributed by atoms with Gasteiger partial charge in [-0.15, -0.1) is 0 Å². The number of carbonyl (C=O) groups excluding carboxylic acids is 1. The number of ether oxygens (including phenoxy) is 2. The van der Waals surface area contributed by atoms with Crippen molar-refractivity contribution >= 4 is 5.91 Å². The highest BCUT2D eigenvalue weighted by atomic mass is 16.5. The van der Waals surface area contributed by atoms with E-state index in [4.69, 9.17) is 9.47 Å². The number of fused-ring (bicyclic) bond motifs is 1. The molecular formula is C12H17NO3. The fraction of sp³-hybridized carbons (Fsp3) is 0.583. The van der Waals surface area contributed by atoms with Crippen LogP contribution in [0.3, 0.4) is 0 Å². The first-order valence-corrected chi connectivity index (χ1v) is 5.49. The largest absolute Gasteiger partial charge is 0.497 e. The molecule has 0 spiro atoms. The number of allylic oxidation sites excluding steroid dienone is 2. The lowest BCUT2D eigenvalue weighted by molar-refractivity contribution is -0.126. The van der Waals surface area contributed by atoms with E-state index >= 15 is 0 Å². The van der Waals surface area contributed by atoms with Crippen LogP contribution in [-0.4, -0.2) is 26.7 Å². The summed E-state index contributed by atoms with van der Waals surface area (Å²) in [7, 11) is 3.24.